The summed E-state index contributed by atoms with van der Waals surface area (Å²) in [6.07, 6.45) is 6.44. The molecule has 132 valence electrons. The zero-order valence-corrected chi connectivity index (χ0v) is 15.0. The number of aryl methyl sites for hydroxylation is 1. The van der Waals surface area contributed by atoms with E-state index in [4.69, 9.17) is 4.99 Å². The lowest BCUT2D eigenvalue weighted by atomic mass is 9.83. The Hall–Kier alpha value is -2.36. The van der Waals surface area contributed by atoms with Gasteiger partial charge in [0, 0.05) is 43.9 Å². The average molecular weight is 336 g/mol. The molecule has 1 heterocycles. The van der Waals surface area contributed by atoms with E-state index in [-0.39, 0.29) is 0 Å². The van der Waals surface area contributed by atoms with Gasteiger partial charge in [-0.3, -0.25) is 9.98 Å². The predicted molar refractivity (Wildman–Crippen MR) is 104 cm³/mol. The molecule has 0 aliphatic heterocycles. The molecule has 1 unspecified atom stereocenters. The number of fused-ring (bicyclic) bond motifs is 1. The molecular weight excluding hydrogens is 308 g/mol. The van der Waals surface area contributed by atoms with Crippen molar-refractivity contribution in [3.8, 4) is 0 Å². The van der Waals surface area contributed by atoms with Crippen molar-refractivity contribution in [2.75, 3.05) is 19.6 Å². The minimum Gasteiger partial charge on any atom is -0.357 e. The van der Waals surface area contributed by atoms with E-state index < -0.39 is 0 Å². The molecule has 0 saturated heterocycles. The van der Waals surface area contributed by atoms with E-state index in [2.05, 4.69) is 52.9 Å². The molecule has 0 radical (unpaired) electrons. The van der Waals surface area contributed by atoms with Gasteiger partial charge in [0.1, 0.15) is 0 Å². The molecule has 1 aliphatic rings. The lowest BCUT2D eigenvalue weighted by Gasteiger charge is -2.24. The van der Waals surface area contributed by atoms with E-state index in [1.165, 1.54) is 30.4 Å². The summed E-state index contributed by atoms with van der Waals surface area (Å²) in [6, 6.07) is 14.9. The molecule has 0 bridgehead atoms. The van der Waals surface area contributed by atoms with E-state index in [1.807, 2.05) is 18.3 Å². The van der Waals surface area contributed by atoms with Crippen molar-refractivity contribution in [1.29, 1.82) is 0 Å². The lowest BCUT2D eigenvalue weighted by Crippen LogP contribution is -2.38. The highest BCUT2D eigenvalue weighted by atomic mass is 15.2. The van der Waals surface area contributed by atoms with Crippen molar-refractivity contribution in [2.45, 2.75) is 38.5 Å². The standard InChI is InChI=1S/C21H28N4/c1-2-22-21(24-15-13-19-11-5-6-14-23-19)25-16-18-10-7-9-17-8-3-4-12-20(17)18/h3-6,8,11-12,14,18H,2,7,9-10,13,15-16H2,1H3,(H2,22,24,25). The number of aromatic nitrogens is 1. The fourth-order valence-electron chi connectivity index (χ4n) is 3.44. The smallest absolute Gasteiger partial charge is 0.191 e. The summed E-state index contributed by atoms with van der Waals surface area (Å²) in [5.41, 5.74) is 4.09. The summed E-state index contributed by atoms with van der Waals surface area (Å²) in [4.78, 5) is 9.21. The van der Waals surface area contributed by atoms with E-state index >= 15 is 0 Å². The van der Waals surface area contributed by atoms with Crippen LogP contribution in [0.15, 0.2) is 53.7 Å². The molecule has 0 spiro atoms. The maximum atomic E-state index is 4.84. The van der Waals surface area contributed by atoms with Crippen LogP contribution in [-0.2, 0) is 12.8 Å². The summed E-state index contributed by atoms with van der Waals surface area (Å²) in [6.45, 7) is 4.66. The fourth-order valence-corrected chi connectivity index (χ4v) is 3.44. The van der Waals surface area contributed by atoms with Crippen LogP contribution in [0.5, 0.6) is 0 Å². The molecule has 1 atom stereocenters. The van der Waals surface area contributed by atoms with Gasteiger partial charge in [0.25, 0.3) is 0 Å². The second-order valence-corrected chi connectivity index (χ2v) is 6.51. The second-order valence-electron chi connectivity index (χ2n) is 6.51. The molecule has 0 amide bonds. The van der Waals surface area contributed by atoms with E-state index in [0.717, 1.165) is 37.7 Å². The van der Waals surface area contributed by atoms with Gasteiger partial charge in [0.2, 0.25) is 0 Å². The quantitative estimate of drug-likeness (QED) is 0.628. The maximum absolute atomic E-state index is 4.84. The van der Waals surface area contributed by atoms with Gasteiger partial charge in [0.05, 0.1) is 0 Å². The Morgan fingerprint density at radius 2 is 2.04 bits per heavy atom. The highest BCUT2D eigenvalue weighted by Gasteiger charge is 2.19. The minimum atomic E-state index is 0.538. The Balaban J connectivity index is 1.57. The molecule has 0 saturated carbocycles. The van der Waals surface area contributed by atoms with Crippen LogP contribution in [0.1, 0.15) is 42.5 Å². The summed E-state index contributed by atoms with van der Waals surface area (Å²) >= 11 is 0. The normalized spacial score (nSPS) is 17.0. The van der Waals surface area contributed by atoms with E-state index in [9.17, 15) is 0 Å². The number of pyridine rings is 1. The summed E-state index contributed by atoms with van der Waals surface area (Å²) in [7, 11) is 0. The molecular formula is C21H28N4. The molecule has 1 aromatic carbocycles. The average Bonchev–Trinajstić information content (AvgIpc) is 2.67. The van der Waals surface area contributed by atoms with Crippen LogP contribution in [0.4, 0.5) is 0 Å². The van der Waals surface area contributed by atoms with Gasteiger partial charge in [-0.25, -0.2) is 0 Å². The number of nitrogens with one attached hydrogen (secondary N) is 2. The Kier molecular flexibility index (Phi) is 6.43. The molecule has 25 heavy (non-hydrogen) atoms. The first-order valence-corrected chi connectivity index (χ1v) is 9.36. The fraction of sp³-hybridized carbons (Fsp3) is 0.429. The maximum Gasteiger partial charge on any atom is 0.191 e. The van der Waals surface area contributed by atoms with Crippen molar-refractivity contribution < 1.29 is 0 Å². The molecule has 4 heteroatoms. The van der Waals surface area contributed by atoms with Crippen LogP contribution < -0.4 is 10.6 Å². The van der Waals surface area contributed by atoms with Gasteiger partial charge in [-0.15, -0.1) is 0 Å². The molecule has 4 nitrogen and oxygen atoms in total. The van der Waals surface area contributed by atoms with Crippen LogP contribution >= 0.6 is 0 Å². The highest BCUT2D eigenvalue weighted by Crippen LogP contribution is 2.31. The number of hydrogen-bond donors (Lipinski definition) is 2. The first-order valence-electron chi connectivity index (χ1n) is 9.36. The van der Waals surface area contributed by atoms with Crippen LogP contribution in [0.3, 0.4) is 0 Å². The van der Waals surface area contributed by atoms with Crippen LogP contribution in [-0.4, -0.2) is 30.6 Å². The monoisotopic (exact) mass is 336 g/mol. The number of benzene rings is 1. The minimum absolute atomic E-state index is 0.538. The van der Waals surface area contributed by atoms with Crippen LogP contribution in [0.25, 0.3) is 0 Å². The largest absolute Gasteiger partial charge is 0.357 e. The highest BCUT2D eigenvalue weighted by molar-refractivity contribution is 5.79. The topological polar surface area (TPSA) is 49.3 Å². The van der Waals surface area contributed by atoms with Gasteiger partial charge >= 0.3 is 0 Å². The lowest BCUT2D eigenvalue weighted by molar-refractivity contribution is 0.559. The zero-order valence-electron chi connectivity index (χ0n) is 15.0. The molecule has 2 aromatic rings. The van der Waals surface area contributed by atoms with E-state index in [1.54, 1.807) is 0 Å². The van der Waals surface area contributed by atoms with Crippen molar-refractivity contribution in [3.63, 3.8) is 0 Å². The third kappa shape index (κ3) is 5.05. The second kappa shape index (κ2) is 9.21. The van der Waals surface area contributed by atoms with Crippen LogP contribution in [0.2, 0.25) is 0 Å². The van der Waals surface area contributed by atoms with Crippen molar-refractivity contribution in [3.05, 3.63) is 65.5 Å². The molecule has 0 fully saturated rings. The number of hydrogen-bond acceptors (Lipinski definition) is 2. The van der Waals surface area contributed by atoms with E-state index in [0.29, 0.717) is 5.92 Å². The van der Waals surface area contributed by atoms with Crippen molar-refractivity contribution in [1.82, 2.24) is 15.6 Å². The number of rotatable bonds is 6. The first kappa shape index (κ1) is 17.5. The van der Waals surface area contributed by atoms with Gasteiger partial charge < -0.3 is 10.6 Å². The Labute approximate surface area is 150 Å². The SMILES string of the molecule is CCNC(=NCC1CCCc2ccccc21)NCCc1ccccn1. The predicted octanol–water partition coefficient (Wildman–Crippen LogP) is 3.30. The zero-order chi connectivity index (χ0) is 17.3. The molecule has 1 aromatic heterocycles. The third-order valence-corrected chi connectivity index (χ3v) is 4.71. The number of nitrogens with zero attached hydrogens (tertiary/aromatic N) is 2. The van der Waals surface area contributed by atoms with Crippen molar-refractivity contribution >= 4 is 5.96 Å². The van der Waals surface area contributed by atoms with Crippen molar-refractivity contribution in [2.24, 2.45) is 4.99 Å². The van der Waals surface area contributed by atoms with Gasteiger partial charge in [-0.2, -0.15) is 0 Å². The van der Waals surface area contributed by atoms with Crippen LogP contribution in [0, 0.1) is 0 Å². The third-order valence-electron chi connectivity index (χ3n) is 4.71. The molecule has 3 rings (SSSR count). The summed E-state index contributed by atoms with van der Waals surface area (Å²) in [5, 5.41) is 6.78. The number of aliphatic imine (C=N–C) groups is 1. The molecule has 1 aliphatic carbocycles. The number of guanidine groups is 1. The summed E-state index contributed by atoms with van der Waals surface area (Å²) < 4.78 is 0. The Bertz CT molecular complexity index is 681. The van der Waals surface area contributed by atoms with Gasteiger partial charge in [0.15, 0.2) is 5.96 Å². The van der Waals surface area contributed by atoms with Gasteiger partial charge in [-0.05, 0) is 49.4 Å². The first-order chi connectivity index (χ1) is 12.4. The summed E-state index contributed by atoms with van der Waals surface area (Å²) in [5.74, 6) is 1.44. The van der Waals surface area contributed by atoms with Gasteiger partial charge in [-0.1, -0.05) is 30.3 Å². The molecule has 2 N–H and O–H groups in total. The Morgan fingerprint density at radius 3 is 2.88 bits per heavy atom. The Morgan fingerprint density at radius 1 is 1.16 bits per heavy atom.